The average molecular weight is 265 g/mol. The Balaban J connectivity index is 2.32. The van der Waals surface area contributed by atoms with Crippen molar-refractivity contribution in [2.75, 3.05) is 24.3 Å². The van der Waals surface area contributed by atoms with E-state index in [-0.39, 0.29) is 0 Å². The molecule has 1 N–H and O–H groups in total. The van der Waals surface area contributed by atoms with Crippen molar-refractivity contribution in [3.63, 3.8) is 0 Å². The molecule has 0 spiro atoms. The molecule has 0 aromatic carbocycles. The molecule has 2 atom stereocenters. The van der Waals surface area contributed by atoms with Crippen LogP contribution in [0.1, 0.15) is 32.6 Å². The zero-order chi connectivity index (χ0) is 12.0. The van der Waals surface area contributed by atoms with Gasteiger partial charge in [0.2, 0.25) is 0 Å². The van der Waals surface area contributed by atoms with Crippen LogP contribution in [0.2, 0.25) is 0 Å². The molecule has 3 nitrogen and oxygen atoms in total. The number of thioether (sulfide) groups is 1. The number of sulfone groups is 1. The van der Waals surface area contributed by atoms with Gasteiger partial charge in [0.15, 0.2) is 0 Å². The zero-order valence-corrected chi connectivity index (χ0v) is 11.9. The van der Waals surface area contributed by atoms with Crippen LogP contribution in [0, 0.1) is 0 Å². The highest BCUT2D eigenvalue weighted by Gasteiger charge is 2.24. The second-order valence-electron chi connectivity index (χ2n) is 4.49. The van der Waals surface area contributed by atoms with Gasteiger partial charge in [0.1, 0.15) is 9.84 Å². The van der Waals surface area contributed by atoms with Crippen LogP contribution >= 0.6 is 11.8 Å². The molecule has 0 saturated heterocycles. The molecule has 96 valence electrons. The molecular formula is C11H23NO2S2. The normalized spacial score (nSPS) is 26.9. The van der Waals surface area contributed by atoms with Gasteiger partial charge in [-0.3, -0.25) is 0 Å². The number of hydrogen-bond donors (Lipinski definition) is 1. The molecule has 0 aromatic rings. The Kier molecular flexibility index (Phi) is 6.15. The summed E-state index contributed by atoms with van der Waals surface area (Å²) in [4.78, 5) is 0. The molecule has 1 aliphatic carbocycles. The largest absolute Gasteiger partial charge is 0.313 e. The van der Waals surface area contributed by atoms with E-state index in [1.54, 1.807) is 0 Å². The van der Waals surface area contributed by atoms with Crippen molar-refractivity contribution in [2.45, 2.75) is 43.9 Å². The van der Waals surface area contributed by atoms with Gasteiger partial charge < -0.3 is 5.32 Å². The molecule has 16 heavy (non-hydrogen) atoms. The smallest absolute Gasteiger partial charge is 0.148 e. The van der Waals surface area contributed by atoms with Crippen LogP contribution in [0.4, 0.5) is 0 Å². The maximum atomic E-state index is 11.1. The Bertz CT molecular complexity index is 288. The van der Waals surface area contributed by atoms with Gasteiger partial charge >= 0.3 is 0 Å². The van der Waals surface area contributed by atoms with E-state index in [4.69, 9.17) is 0 Å². The third kappa shape index (κ3) is 5.55. The van der Waals surface area contributed by atoms with Crippen LogP contribution in [0.25, 0.3) is 0 Å². The molecule has 0 radical (unpaired) electrons. The third-order valence-electron chi connectivity index (χ3n) is 2.95. The number of hydrogen-bond acceptors (Lipinski definition) is 4. The molecule has 0 aromatic heterocycles. The van der Waals surface area contributed by atoms with Crippen LogP contribution in [0.3, 0.4) is 0 Å². The minimum atomic E-state index is -2.80. The molecule has 0 amide bonds. The summed E-state index contributed by atoms with van der Waals surface area (Å²) in [5.41, 5.74) is 0. The van der Waals surface area contributed by atoms with E-state index in [1.807, 2.05) is 11.8 Å². The lowest BCUT2D eigenvalue weighted by Gasteiger charge is -2.31. The van der Waals surface area contributed by atoms with Gasteiger partial charge in [0.25, 0.3) is 0 Å². The van der Waals surface area contributed by atoms with Crippen molar-refractivity contribution in [1.29, 1.82) is 0 Å². The van der Waals surface area contributed by atoms with Crippen molar-refractivity contribution in [3.8, 4) is 0 Å². The van der Waals surface area contributed by atoms with Gasteiger partial charge in [-0.15, -0.1) is 0 Å². The van der Waals surface area contributed by atoms with Gasteiger partial charge in [-0.25, -0.2) is 8.42 Å². The summed E-state index contributed by atoms with van der Waals surface area (Å²) in [7, 11) is -2.80. The first-order chi connectivity index (χ1) is 7.53. The van der Waals surface area contributed by atoms with Gasteiger partial charge in [-0.1, -0.05) is 19.8 Å². The van der Waals surface area contributed by atoms with E-state index in [9.17, 15) is 8.42 Å². The van der Waals surface area contributed by atoms with Crippen LogP contribution in [0.15, 0.2) is 0 Å². The quantitative estimate of drug-likeness (QED) is 0.794. The summed E-state index contributed by atoms with van der Waals surface area (Å²) in [5, 5.41) is 4.12. The van der Waals surface area contributed by atoms with Crippen molar-refractivity contribution >= 4 is 21.6 Å². The summed E-state index contributed by atoms with van der Waals surface area (Å²) in [6.45, 7) is 3.14. The van der Waals surface area contributed by atoms with Crippen LogP contribution in [-0.2, 0) is 9.84 Å². The molecule has 1 saturated carbocycles. The Labute approximate surface area is 104 Å². The molecule has 5 heteroatoms. The molecule has 1 fully saturated rings. The average Bonchev–Trinajstić information content (AvgIpc) is 2.19. The molecule has 2 unspecified atom stereocenters. The first kappa shape index (κ1) is 14.3. The molecular weight excluding hydrogens is 242 g/mol. The third-order valence-corrected chi connectivity index (χ3v) is 5.59. The van der Waals surface area contributed by atoms with E-state index in [0.29, 0.717) is 17.0 Å². The molecule has 1 rings (SSSR count). The first-order valence-corrected chi connectivity index (χ1v) is 9.16. The van der Waals surface area contributed by atoms with E-state index in [0.717, 1.165) is 12.3 Å². The Morgan fingerprint density at radius 1 is 1.31 bits per heavy atom. The summed E-state index contributed by atoms with van der Waals surface area (Å²) in [5.74, 6) is 1.05. The van der Waals surface area contributed by atoms with Crippen molar-refractivity contribution in [2.24, 2.45) is 0 Å². The topological polar surface area (TPSA) is 46.2 Å². The molecule has 0 aliphatic heterocycles. The standard InChI is InChI=1S/C11H23NO2S2/c1-3-12-10-6-4-5-7-11(10)15-8-9-16(2,13)14/h10-12H,3-9H2,1-2H3. The molecule has 0 heterocycles. The van der Waals surface area contributed by atoms with Crippen molar-refractivity contribution in [3.05, 3.63) is 0 Å². The summed E-state index contributed by atoms with van der Waals surface area (Å²) in [6, 6.07) is 0.586. The van der Waals surface area contributed by atoms with Crippen LogP contribution in [-0.4, -0.2) is 44.0 Å². The second-order valence-corrected chi connectivity index (χ2v) is 8.09. The van der Waals surface area contributed by atoms with Crippen molar-refractivity contribution in [1.82, 2.24) is 5.32 Å². The summed E-state index contributed by atoms with van der Waals surface area (Å²) < 4.78 is 22.1. The highest BCUT2D eigenvalue weighted by molar-refractivity contribution is 8.01. The lowest BCUT2D eigenvalue weighted by Crippen LogP contribution is -2.40. The minimum absolute atomic E-state index is 0.313. The monoisotopic (exact) mass is 265 g/mol. The first-order valence-electron chi connectivity index (χ1n) is 6.05. The maximum absolute atomic E-state index is 11.1. The lowest BCUT2D eigenvalue weighted by molar-refractivity contribution is 0.391. The minimum Gasteiger partial charge on any atom is -0.313 e. The second kappa shape index (κ2) is 6.87. The highest BCUT2D eigenvalue weighted by atomic mass is 32.2. The van der Waals surface area contributed by atoms with Gasteiger partial charge in [-0.05, 0) is 19.4 Å². The predicted octanol–water partition coefficient (Wildman–Crippen LogP) is 1.68. The Morgan fingerprint density at radius 2 is 2.00 bits per heavy atom. The molecule has 0 bridgehead atoms. The predicted molar refractivity (Wildman–Crippen MR) is 71.9 cm³/mol. The fourth-order valence-corrected chi connectivity index (χ4v) is 4.84. The summed E-state index contributed by atoms with van der Waals surface area (Å²) >= 11 is 1.83. The zero-order valence-electron chi connectivity index (χ0n) is 10.2. The number of nitrogens with one attached hydrogen (secondary N) is 1. The Hall–Kier alpha value is 0.260. The van der Waals surface area contributed by atoms with Crippen LogP contribution < -0.4 is 5.32 Å². The van der Waals surface area contributed by atoms with Gasteiger partial charge in [0, 0.05) is 23.3 Å². The summed E-state index contributed by atoms with van der Waals surface area (Å²) in [6.07, 6.45) is 6.38. The number of rotatable bonds is 6. The SMILES string of the molecule is CCNC1CCCCC1SCCS(C)(=O)=O. The maximum Gasteiger partial charge on any atom is 0.148 e. The van der Waals surface area contributed by atoms with E-state index in [2.05, 4.69) is 12.2 Å². The lowest BCUT2D eigenvalue weighted by atomic mass is 9.95. The highest BCUT2D eigenvalue weighted by Crippen LogP contribution is 2.28. The Morgan fingerprint density at radius 3 is 2.62 bits per heavy atom. The van der Waals surface area contributed by atoms with E-state index >= 15 is 0 Å². The fraction of sp³-hybridized carbons (Fsp3) is 1.00. The van der Waals surface area contributed by atoms with E-state index < -0.39 is 9.84 Å². The van der Waals surface area contributed by atoms with E-state index in [1.165, 1.54) is 31.9 Å². The van der Waals surface area contributed by atoms with Crippen LogP contribution in [0.5, 0.6) is 0 Å². The fourth-order valence-electron chi connectivity index (χ4n) is 2.14. The van der Waals surface area contributed by atoms with Gasteiger partial charge in [-0.2, -0.15) is 11.8 Å². The van der Waals surface area contributed by atoms with Gasteiger partial charge in [0.05, 0.1) is 5.75 Å². The van der Waals surface area contributed by atoms with Crippen molar-refractivity contribution < 1.29 is 8.42 Å². The molecule has 1 aliphatic rings.